The normalized spacial score (nSPS) is 12.6. The van der Waals surface area contributed by atoms with Crippen molar-refractivity contribution in [2.75, 3.05) is 7.05 Å². The van der Waals surface area contributed by atoms with Gasteiger partial charge in [0.05, 0.1) is 11.6 Å². The molecule has 2 aromatic heterocycles. The third-order valence-corrected chi connectivity index (χ3v) is 5.54. The lowest BCUT2D eigenvalue weighted by Gasteiger charge is -2.23. The Kier molecular flexibility index (Phi) is 5.39. The highest BCUT2D eigenvalue weighted by atomic mass is 32.1. The molecule has 0 unspecified atom stereocenters. The van der Waals surface area contributed by atoms with E-state index in [1.807, 2.05) is 42.6 Å². The Balaban J connectivity index is 1.88. The van der Waals surface area contributed by atoms with Crippen LogP contribution in [0, 0.1) is 0 Å². The van der Waals surface area contributed by atoms with Crippen molar-refractivity contribution >= 4 is 17.2 Å². The molecular formula is C21H23N3O2S. The third kappa shape index (κ3) is 4.23. The van der Waals surface area contributed by atoms with E-state index in [9.17, 15) is 9.90 Å². The average molecular weight is 382 g/mol. The van der Waals surface area contributed by atoms with Gasteiger partial charge in [-0.15, -0.1) is 11.3 Å². The number of thiazole rings is 1. The highest BCUT2D eigenvalue weighted by molar-refractivity contribution is 7.09. The molecule has 0 aliphatic carbocycles. The topological polar surface area (TPSA) is 66.3 Å². The zero-order chi connectivity index (χ0) is 19.6. The first kappa shape index (κ1) is 19.2. The lowest BCUT2D eigenvalue weighted by Crippen LogP contribution is -2.29. The molecule has 0 saturated heterocycles. The summed E-state index contributed by atoms with van der Waals surface area (Å²) < 4.78 is 0. The molecule has 140 valence electrons. The van der Waals surface area contributed by atoms with Gasteiger partial charge in [-0.2, -0.15) is 0 Å². The first-order chi connectivity index (χ1) is 12.8. The first-order valence-corrected chi connectivity index (χ1v) is 9.60. The van der Waals surface area contributed by atoms with Crippen molar-refractivity contribution in [2.45, 2.75) is 32.4 Å². The lowest BCUT2D eigenvalue weighted by molar-refractivity contribution is 0.0741. The largest absolute Gasteiger partial charge is 0.386 e. The number of carbonyl (C=O) groups is 1. The van der Waals surface area contributed by atoms with Gasteiger partial charge in [-0.3, -0.25) is 9.78 Å². The number of hydrogen-bond donors (Lipinski definition) is 1. The van der Waals surface area contributed by atoms with Crippen molar-refractivity contribution in [2.24, 2.45) is 0 Å². The predicted molar refractivity (Wildman–Crippen MR) is 108 cm³/mol. The first-order valence-electron chi connectivity index (χ1n) is 8.72. The predicted octanol–water partition coefficient (Wildman–Crippen LogP) is 4.27. The summed E-state index contributed by atoms with van der Waals surface area (Å²) >= 11 is 1.54. The number of amides is 1. The van der Waals surface area contributed by atoms with Crippen molar-refractivity contribution in [1.29, 1.82) is 0 Å². The molecular weight excluding hydrogens is 358 g/mol. The highest BCUT2D eigenvalue weighted by Gasteiger charge is 2.21. The Hall–Kier alpha value is -2.57. The van der Waals surface area contributed by atoms with Crippen LogP contribution in [0.5, 0.6) is 0 Å². The lowest BCUT2D eigenvalue weighted by atomic mass is 9.96. The summed E-state index contributed by atoms with van der Waals surface area (Å²) in [6.45, 7) is 5.42. The van der Waals surface area contributed by atoms with Crippen LogP contribution < -0.4 is 0 Å². The fraction of sp³-hybridized carbons (Fsp3) is 0.286. The SMILES string of the molecule is C[C@@H](c1nccs1)N(C)C(=O)c1cccc(-c2cncc(C(C)(C)O)c2)c1. The smallest absolute Gasteiger partial charge is 0.254 e. The molecule has 1 N–H and O–H groups in total. The number of pyridine rings is 1. The Morgan fingerprint density at radius 2 is 2.00 bits per heavy atom. The summed E-state index contributed by atoms with van der Waals surface area (Å²) in [4.78, 5) is 23.2. The molecule has 0 fully saturated rings. The number of carbonyl (C=O) groups excluding carboxylic acids is 1. The molecule has 0 saturated carbocycles. The number of hydrogen-bond acceptors (Lipinski definition) is 5. The van der Waals surface area contributed by atoms with Gasteiger partial charge < -0.3 is 10.0 Å². The van der Waals surface area contributed by atoms with Crippen molar-refractivity contribution in [3.8, 4) is 11.1 Å². The Bertz CT molecular complexity index is 933. The van der Waals surface area contributed by atoms with E-state index in [2.05, 4.69) is 9.97 Å². The van der Waals surface area contributed by atoms with Crippen LogP contribution in [0.2, 0.25) is 0 Å². The molecule has 3 aromatic rings. The van der Waals surface area contributed by atoms with Crippen LogP contribution in [0.4, 0.5) is 0 Å². The van der Waals surface area contributed by atoms with Crippen LogP contribution >= 0.6 is 11.3 Å². The van der Waals surface area contributed by atoms with E-state index >= 15 is 0 Å². The zero-order valence-corrected chi connectivity index (χ0v) is 16.7. The van der Waals surface area contributed by atoms with Gasteiger partial charge in [0.1, 0.15) is 5.01 Å². The second-order valence-corrected chi connectivity index (χ2v) is 7.99. The summed E-state index contributed by atoms with van der Waals surface area (Å²) in [5.74, 6) is -0.0637. The summed E-state index contributed by atoms with van der Waals surface area (Å²) in [5, 5.41) is 13.0. The Morgan fingerprint density at radius 1 is 1.22 bits per heavy atom. The second-order valence-electron chi connectivity index (χ2n) is 7.06. The summed E-state index contributed by atoms with van der Waals surface area (Å²) in [7, 11) is 1.79. The van der Waals surface area contributed by atoms with Gasteiger partial charge in [-0.25, -0.2) is 4.98 Å². The van der Waals surface area contributed by atoms with E-state index < -0.39 is 5.60 Å². The number of benzene rings is 1. The highest BCUT2D eigenvalue weighted by Crippen LogP contribution is 2.27. The van der Waals surface area contributed by atoms with E-state index in [1.54, 1.807) is 44.4 Å². The Morgan fingerprint density at radius 3 is 2.67 bits per heavy atom. The molecule has 1 aromatic carbocycles. The maximum absolute atomic E-state index is 12.9. The summed E-state index contributed by atoms with van der Waals surface area (Å²) in [6.07, 6.45) is 5.14. The second kappa shape index (κ2) is 7.58. The van der Waals surface area contributed by atoms with Crippen molar-refractivity contribution < 1.29 is 9.90 Å². The van der Waals surface area contributed by atoms with Gasteiger partial charge in [0.15, 0.2) is 0 Å². The molecule has 0 bridgehead atoms. The van der Waals surface area contributed by atoms with Crippen LogP contribution in [0.1, 0.15) is 47.7 Å². The van der Waals surface area contributed by atoms with E-state index in [4.69, 9.17) is 0 Å². The Labute approximate surface area is 163 Å². The van der Waals surface area contributed by atoms with Gasteiger partial charge in [0, 0.05) is 47.7 Å². The molecule has 0 radical (unpaired) electrons. The monoisotopic (exact) mass is 381 g/mol. The van der Waals surface area contributed by atoms with Crippen molar-refractivity contribution in [3.63, 3.8) is 0 Å². The number of rotatable bonds is 5. The molecule has 0 spiro atoms. The van der Waals surface area contributed by atoms with E-state index in [0.29, 0.717) is 5.56 Å². The van der Waals surface area contributed by atoms with Crippen LogP contribution in [0.15, 0.2) is 54.3 Å². The maximum Gasteiger partial charge on any atom is 0.254 e. The number of nitrogens with zero attached hydrogens (tertiary/aromatic N) is 3. The molecule has 27 heavy (non-hydrogen) atoms. The standard InChI is InChI=1S/C21H23N3O2S/c1-14(19-23-8-9-27-19)24(4)20(25)16-7-5-6-15(10-16)17-11-18(13-22-12-17)21(2,3)26/h5-14,26H,1-4H3/t14-/m0/s1. The molecule has 3 rings (SSSR count). The minimum absolute atomic E-state index is 0.0637. The quantitative estimate of drug-likeness (QED) is 0.717. The number of aromatic nitrogens is 2. The van der Waals surface area contributed by atoms with Crippen LogP contribution in [0.25, 0.3) is 11.1 Å². The molecule has 6 heteroatoms. The molecule has 2 heterocycles. The van der Waals surface area contributed by atoms with E-state index in [-0.39, 0.29) is 11.9 Å². The zero-order valence-electron chi connectivity index (χ0n) is 15.9. The maximum atomic E-state index is 12.9. The van der Waals surface area contributed by atoms with Crippen LogP contribution in [0.3, 0.4) is 0 Å². The molecule has 0 aliphatic heterocycles. The van der Waals surface area contributed by atoms with Crippen molar-refractivity contribution in [3.05, 3.63) is 70.4 Å². The van der Waals surface area contributed by atoms with Crippen LogP contribution in [-0.2, 0) is 5.60 Å². The van der Waals surface area contributed by atoms with Gasteiger partial charge >= 0.3 is 0 Å². The summed E-state index contributed by atoms with van der Waals surface area (Å²) in [5.41, 5.74) is 2.10. The number of aliphatic hydroxyl groups is 1. The molecule has 1 atom stereocenters. The van der Waals surface area contributed by atoms with Crippen LogP contribution in [-0.4, -0.2) is 32.9 Å². The minimum Gasteiger partial charge on any atom is -0.386 e. The third-order valence-electron chi connectivity index (χ3n) is 4.60. The van der Waals surface area contributed by atoms with E-state index in [1.165, 1.54) is 11.3 Å². The summed E-state index contributed by atoms with van der Waals surface area (Å²) in [6, 6.07) is 9.27. The van der Waals surface area contributed by atoms with Crippen molar-refractivity contribution in [1.82, 2.24) is 14.9 Å². The molecule has 5 nitrogen and oxygen atoms in total. The van der Waals surface area contributed by atoms with Gasteiger partial charge in [0.2, 0.25) is 0 Å². The molecule has 1 amide bonds. The fourth-order valence-corrected chi connectivity index (χ4v) is 3.49. The van der Waals surface area contributed by atoms with Gasteiger partial charge in [-0.05, 0) is 44.5 Å². The average Bonchev–Trinajstić information content (AvgIpc) is 3.20. The fourth-order valence-electron chi connectivity index (χ4n) is 2.75. The van der Waals surface area contributed by atoms with Gasteiger partial charge in [-0.1, -0.05) is 12.1 Å². The molecule has 0 aliphatic rings. The minimum atomic E-state index is -0.972. The van der Waals surface area contributed by atoms with Gasteiger partial charge in [0.25, 0.3) is 5.91 Å². The van der Waals surface area contributed by atoms with E-state index in [0.717, 1.165) is 21.7 Å².